The van der Waals surface area contributed by atoms with E-state index in [0.29, 0.717) is 6.54 Å². The number of rotatable bonds is 4. The van der Waals surface area contributed by atoms with Gasteiger partial charge < -0.3 is 5.32 Å². The van der Waals surface area contributed by atoms with E-state index in [1.807, 2.05) is 60.7 Å². The molecule has 4 nitrogen and oxygen atoms in total. The molecule has 3 rings (SSSR count). The summed E-state index contributed by atoms with van der Waals surface area (Å²) >= 11 is 0. The number of carbonyl (C=O) groups excluding carboxylic acids is 1. The van der Waals surface area contributed by atoms with Gasteiger partial charge in [0.15, 0.2) is 0 Å². The maximum absolute atomic E-state index is 10.9. The monoisotopic (exact) mass is 291 g/mol. The molecule has 0 aliphatic heterocycles. The van der Waals surface area contributed by atoms with E-state index < -0.39 is 0 Å². The molecule has 0 bridgehead atoms. The summed E-state index contributed by atoms with van der Waals surface area (Å²) in [6.07, 6.45) is 0. The lowest BCUT2D eigenvalue weighted by molar-refractivity contribution is -0.119. The molecule has 22 heavy (non-hydrogen) atoms. The van der Waals surface area contributed by atoms with Crippen LogP contribution in [0.3, 0.4) is 0 Å². The van der Waals surface area contributed by atoms with E-state index in [-0.39, 0.29) is 5.91 Å². The zero-order valence-electron chi connectivity index (χ0n) is 12.3. The molecule has 2 aromatic carbocycles. The minimum absolute atomic E-state index is 0.0230. The zero-order valence-corrected chi connectivity index (χ0v) is 12.3. The van der Waals surface area contributed by atoms with Crippen molar-refractivity contribution in [2.24, 2.45) is 0 Å². The van der Waals surface area contributed by atoms with Crippen molar-refractivity contribution >= 4 is 5.91 Å². The quantitative estimate of drug-likeness (QED) is 0.774. The second-order valence-electron chi connectivity index (χ2n) is 5.14. The predicted octanol–water partition coefficient (Wildman–Crippen LogP) is 3.38. The SMILES string of the molecule is CC(=O)NCc1ccc(-c2cc(-c3ccccc3)n[nH]2)cc1. The van der Waals surface area contributed by atoms with Crippen LogP contribution in [0.25, 0.3) is 22.5 Å². The van der Waals surface area contributed by atoms with Crippen LogP contribution in [0.2, 0.25) is 0 Å². The Balaban J connectivity index is 1.77. The number of nitrogens with one attached hydrogen (secondary N) is 2. The van der Waals surface area contributed by atoms with E-state index in [0.717, 1.165) is 28.1 Å². The first-order valence-corrected chi connectivity index (χ1v) is 7.17. The number of amides is 1. The summed E-state index contributed by atoms with van der Waals surface area (Å²) in [4.78, 5) is 10.9. The van der Waals surface area contributed by atoms with Gasteiger partial charge in [-0.3, -0.25) is 9.89 Å². The summed E-state index contributed by atoms with van der Waals surface area (Å²) in [5.74, 6) is -0.0230. The summed E-state index contributed by atoms with van der Waals surface area (Å²) in [5.41, 5.74) is 5.14. The molecule has 0 aliphatic carbocycles. The minimum Gasteiger partial charge on any atom is -0.352 e. The van der Waals surface area contributed by atoms with Gasteiger partial charge in [0.05, 0.1) is 11.4 Å². The number of hydrogen-bond acceptors (Lipinski definition) is 2. The molecule has 0 aliphatic rings. The molecular formula is C18H17N3O. The Morgan fingerprint density at radius 2 is 1.77 bits per heavy atom. The third-order valence-electron chi connectivity index (χ3n) is 3.45. The highest BCUT2D eigenvalue weighted by atomic mass is 16.1. The van der Waals surface area contributed by atoms with E-state index in [4.69, 9.17) is 0 Å². The summed E-state index contributed by atoms with van der Waals surface area (Å²) in [6, 6.07) is 20.2. The molecule has 1 heterocycles. The smallest absolute Gasteiger partial charge is 0.217 e. The highest BCUT2D eigenvalue weighted by Gasteiger charge is 2.05. The highest BCUT2D eigenvalue weighted by Crippen LogP contribution is 2.23. The van der Waals surface area contributed by atoms with E-state index in [1.165, 1.54) is 6.92 Å². The Hall–Kier alpha value is -2.88. The van der Waals surface area contributed by atoms with Gasteiger partial charge in [-0.2, -0.15) is 5.10 Å². The molecule has 3 aromatic rings. The summed E-state index contributed by atoms with van der Waals surface area (Å²) < 4.78 is 0. The average Bonchev–Trinajstić information content (AvgIpc) is 3.04. The Bertz CT molecular complexity index is 761. The van der Waals surface area contributed by atoms with Crippen LogP contribution < -0.4 is 5.32 Å². The lowest BCUT2D eigenvalue weighted by Gasteiger charge is -2.03. The van der Waals surface area contributed by atoms with Crippen molar-refractivity contribution in [3.05, 3.63) is 66.2 Å². The topological polar surface area (TPSA) is 57.8 Å². The number of aromatic amines is 1. The van der Waals surface area contributed by atoms with Crippen molar-refractivity contribution in [3.8, 4) is 22.5 Å². The molecule has 1 amide bonds. The first kappa shape index (κ1) is 14.1. The average molecular weight is 291 g/mol. The number of hydrogen-bond donors (Lipinski definition) is 2. The van der Waals surface area contributed by atoms with Crippen molar-refractivity contribution in [1.82, 2.24) is 15.5 Å². The second kappa shape index (κ2) is 6.26. The van der Waals surface area contributed by atoms with Gasteiger partial charge >= 0.3 is 0 Å². The van der Waals surface area contributed by atoms with Crippen molar-refractivity contribution in [3.63, 3.8) is 0 Å². The molecule has 2 N–H and O–H groups in total. The fourth-order valence-electron chi connectivity index (χ4n) is 2.26. The number of benzene rings is 2. The van der Waals surface area contributed by atoms with Crippen LogP contribution in [0, 0.1) is 0 Å². The van der Waals surface area contributed by atoms with Gasteiger partial charge in [0.2, 0.25) is 5.91 Å². The zero-order chi connectivity index (χ0) is 15.4. The van der Waals surface area contributed by atoms with E-state index in [9.17, 15) is 4.79 Å². The summed E-state index contributed by atoms with van der Waals surface area (Å²) in [6.45, 7) is 2.07. The van der Waals surface area contributed by atoms with Crippen LogP contribution in [0.1, 0.15) is 12.5 Å². The molecule has 0 unspecified atom stereocenters. The van der Waals surface area contributed by atoms with Gasteiger partial charge in [-0.05, 0) is 17.2 Å². The molecule has 0 atom stereocenters. The van der Waals surface area contributed by atoms with E-state index >= 15 is 0 Å². The molecule has 0 radical (unpaired) electrons. The molecule has 1 aromatic heterocycles. The van der Waals surface area contributed by atoms with Gasteiger partial charge in [-0.1, -0.05) is 54.6 Å². The summed E-state index contributed by atoms with van der Waals surface area (Å²) in [7, 11) is 0. The van der Waals surface area contributed by atoms with Gasteiger partial charge in [0.25, 0.3) is 0 Å². The second-order valence-corrected chi connectivity index (χ2v) is 5.14. The minimum atomic E-state index is -0.0230. The maximum Gasteiger partial charge on any atom is 0.217 e. The standard InChI is InChI=1S/C18H17N3O/c1-13(22)19-12-14-7-9-16(10-8-14)18-11-17(20-21-18)15-5-3-2-4-6-15/h2-11H,12H2,1H3,(H,19,22)(H,20,21). The van der Waals surface area contributed by atoms with Crippen LogP contribution in [-0.4, -0.2) is 16.1 Å². The van der Waals surface area contributed by atoms with Crippen molar-refractivity contribution < 1.29 is 4.79 Å². The number of H-pyrrole nitrogens is 1. The van der Waals surface area contributed by atoms with Gasteiger partial charge in [0, 0.05) is 19.0 Å². The first-order valence-electron chi connectivity index (χ1n) is 7.17. The predicted molar refractivity (Wildman–Crippen MR) is 87.0 cm³/mol. The van der Waals surface area contributed by atoms with Gasteiger partial charge in [-0.25, -0.2) is 0 Å². The van der Waals surface area contributed by atoms with Crippen molar-refractivity contribution in [1.29, 1.82) is 0 Å². The van der Waals surface area contributed by atoms with E-state index in [2.05, 4.69) is 15.5 Å². The Morgan fingerprint density at radius 1 is 1.05 bits per heavy atom. The van der Waals surface area contributed by atoms with Crippen LogP contribution in [0.4, 0.5) is 0 Å². The number of nitrogens with zero attached hydrogens (tertiary/aromatic N) is 1. The maximum atomic E-state index is 10.9. The number of carbonyl (C=O) groups is 1. The largest absolute Gasteiger partial charge is 0.352 e. The fraction of sp³-hybridized carbons (Fsp3) is 0.111. The van der Waals surface area contributed by atoms with Crippen LogP contribution in [0.15, 0.2) is 60.7 Å². The van der Waals surface area contributed by atoms with Gasteiger partial charge in [0.1, 0.15) is 0 Å². The third kappa shape index (κ3) is 3.23. The molecule has 4 heteroatoms. The van der Waals surface area contributed by atoms with Crippen molar-refractivity contribution in [2.75, 3.05) is 0 Å². The fourth-order valence-corrected chi connectivity index (χ4v) is 2.26. The molecule has 0 saturated heterocycles. The Labute approximate surface area is 129 Å². The highest BCUT2D eigenvalue weighted by molar-refractivity contribution is 5.73. The van der Waals surface area contributed by atoms with E-state index in [1.54, 1.807) is 0 Å². The Kier molecular flexibility index (Phi) is 4.01. The molecule has 0 saturated carbocycles. The van der Waals surface area contributed by atoms with Crippen LogP contribution >= 0.6 is 0 Å². The molecule has 0 fully saturated rings. The van der Waals surface area contributed by atoms with Crippen LogP contribution in [-0.2, 0) is 11.3 Å². The third-order valence-corrected chi connectivity index (χ3v) is 3.45. The first-order chi connectivity index (χ1) is 10.7. The molecular weight excluding hydrogens is 274 g/mol. The molecule has 0 spiro atoms. The summed E-state index contributed by atoms with van der Waals surface area (Å²) in [5, 5.41) is 10.2. The van der Waals surface area contributed by atoms with Crippen LogP contribution in [0.5, 0.6) is 0 Å². The molecule has 110 valence electrons. The van der Waals surface area contributed by atoms with Gasteiger partial charge in [-0.15, -0.1) is 0 Å². The lowest BCUT2D eigenvalue weighted by Crippen LogP contribution is -2.18. The Morgan fingerprint density at radius 3 is 2.45 bits per heavy atom. The normalized spacial score (nSPS) is 10.4. The number of aromatic nitrogens is 2. The lowest BCUT2D eigenvalue weighted by atomic mass is 10.1. The van der Waals surface area contributed by atoms with Crippen molar-refractivity contribution in [2.45, 2.75) is 13.5 Å².